The number of hydrogen-bond acceptors (Lipinski definition) is 4. The molecule has 2 N–H and O–H groups in total. The van der Waals surface area contributed by atoms with Gasteiger partial charge in [0.1, 0.15) is 6.61 Å². The van der Waals surface area contributed by atoms with Crippen molar-refractivity contribution in [2.45, 2.75) is 12.8 Å². The average Bonchev–Trinajstić information content (AvgIpc) is 2.21. The molecule has 0 aliphatic heterocycles. The van der Waals surface area contributed by atoms with Gasteiger partial charge in [-0.05, 0) is 12.8 Å². The van der Waals surface area contributed by atoms with Crippen molar-refractivity contribution in [2.75, 3.05) is 40.1 Å². The third-order valence-corrected chi connectivity index (χ3v) is 1.54. The molecule has 0 fully saturated rings. The lowest BCUT2D eigenvalue weighted by Crippen LogP contribution is -2.23. The van der Waals surface area contributed by atoms with Crippen molar-refractivity contribution < 1.29 is 19.4 Å². The zero-order valence-electron chi connectivity index (χ0n) is 8.62. The third kappa shape index (κ3) is 9.44. The summed E-state index contributed by atoms with van der Waals surface area (Å²) in [5, 5.41) is 10.9. The Morgan fingerprint density at radius 1 is 1.21 bits per heavy atom. The van der Waals surface area contributed by atoms with E-state index < -0.39 is 0 Å². The van der Waals surface area contributed by atoms with Crippen molar-refractivity contribution in [2.24, 2.45) is 0 Å². The number of carbonyl (C=O) groups excluding carboxylic acids is 1. The van der Waals surface area contributed by atoms with Crippen LogP contribution in [0.5, 0.6) is 0 Å². The Kier molecular flexibility index (Phi) is 9.95. The average molecular weight is 205 g/mol. The molecule has 0 aliphatic rings. The van der Waals surface area contributed by atoms with Gasteiger partial charge in [-0.2, -0.15) is 0 Å². The predicted octanol–water partition coefficient (Wildman–Crippen LogP) is -0.462. The molecule has 0 aromatic heterocycles. The molecule has 0 aromatic rings. The van der Waals surface area contributed by atoms with Crippen molar-refractivity contribution in [3.05, 3.63) is 0 Å². The lowest BCUT2D eigenvalue weighted by atomic mass is 10.4. The van der Waals surface area contributed by atoms with E-state index in [9.17, 15) is 4.79 Å². The fourth-order valence-corrected chi connectivity index (χ4v) is 0.769. The van der Waals surface area contributed by atoms with Gasteiger partial charge in [-0.25, -0.2) is 0 Å². The van der Waals surface area contributed by atoms with Crippen LogP contribution in [-0.4, -0.2) is 51.1 Å². The Balaban J connectivity index is 2.95. The van der Waals surface area contributed by atoms with E-state index in [2.05, 4.69) is 5.32 Å². The Morgan fingerprint density at radius 2 is 1.86 bits per heavy atom. The summed E-state index contributed by atoms with van der Waals surface area (Å²) in [6.07, 6.45) is 1.43. The number of rotatable bonds is 9. The second kappa shape index (κ2) is 10.4. The normalized spacial score (nSPS) is 10.1. The summed E-state index contributed by atoms with van der Waals surface area (Å²) in [7, 11) is 1.57. The molecule has 0 radical (unpaired) electrons. The summed E-state index contributed by atoms with van der Waals surface area (Å²) in [5.41, 5.74) is 0. The standard InChI is InChI=1S/C9H19NO4/c1-10-9(12)8-14-7-3-6-13-5-2-4-11/h11H,2-8H2,1H3,(H,10,12). The van der Waals surface area contributed by atoms with Gasteiger partial charge in [0.15, 0.2) is 0 Å². The smallest absolute Gasteiger partial charge is 0.245 e. The van der Waals surface area contributed by atoms with E-state index in [1.807, 2.05) is 0 Å². The van der Waals surface area contributed by atoms with Crippen LogP contribution in [0.4, 0.5) is 0 Å². The van der Waals surface area contributed by atoms with E-state index >= 15 is 0 Å². The van der Waals surface area contributed by atoms with Crippen LogP contribution in [0.2, 0.25) is 0 Å². The monoisotopic (exact) mass is 205 g/mol. The molecule has 0 aliphatic carbocycles. The summed E-state index contributed by atoms with van der Waals surface area (Å²) in [5.74, 6) is -0.119. The molecule has 0 bridgehead atoms. The highest BCUT2D eigenvalue weighted by molar-refractivity contribution is 5.76. The predicted molar refractivity (Wildman–Crippen MR) is 52.0 cm³/mol. The summed E-state index contributed by atoms with van der Waals surface area (Å²) < 4.78 is 10.2. The molecule has 0 rings (SSSR count). The minimum atomic E-state index is -0.119. The van der Waals surface area contributed by atoms with Gasteiger partial charge < -0.3 is 19.9 Å². The third-order valence-electron chi connectivity index (χ3n) is 1.54. The van der Waals surface area contributed by atoms with E-state index in [4.69, 9.17) is 14.6 Å². The highest BCUT2D eigenvalue weighted by atomic mass is 16.5. The fourth-order valence-electron chi connectivity index (χ4n) is 0.769. The van der Waals surface area contributed by atoms with Crippen LogP contribution in [0, 0.1) is 0 Å². The first-order valence-electron chi connectivity index (χ1n) is 4.78. The fraction of sp³-hybridized carbons (Fsp3) is 0.889. The van der Waals surface area contributed by atoms with Gasteiger partial charge in [-0.3, -0.25) is 4.79 Å². The highest BCUT2D eigenvalue weighted by Crippen LogP contribution is 1.87. The molecule has 1 amide bonds. The lowest BCUT2D eigenvalue weighted by molar-refractivity contribution is -0.125. The maximum Gasteiger partial charge on any atom is 0.245 e. The quantitative estimate of drug-likeness (QED) is 0.500. The van der Waals surface area contributed by atoms with Gasteiger partial charge in [-0.15, -0.1) is 0 Å². The van der Waals surface area contributed by atoms with Gasteiger partial charge in [-0.1, -0.05) is 0 Å². The molecular weight excluding hydrogens is 186 g/mol. The maximum absolute atomic E-state index is 10.7. The van der Waals surface area contributed by atoms with Crippen LogP contribution in [0.25, 0.3) is 0 Å². The Labute approximate surface area is 84.4 Å². The number of aliphatic hydroxyl groups is 1. The number of amides is 1. The number of likely N-dealkylation sites (N-methyl/N-ethyl adjacent to an activating group) is 1. The van der Waals surface area contributed by atoms with Crippen molar-refractivity contribution in [1.29, 1.82) is 0 Å². The van der Waals surface area contributed by atoms with E-state index in [1.165, 1.54) is 0 Å². The molecule has 0 aromatic carbocycles. The van der Waals surface area contributed by atoms with E-state index in [1.54, 1.807) is 7.05 Å². The molecule has 0 atom stereocenters. The number of carbonyl (C=O) groups is 1. The summed E-state index contributed by atoms with van der Waals surface area (Å²) in [6, 6.07) is 0. The van der Waals surface area contributed by atoms with E-state index in [0.717, 1.165) is 6.42 Å². The Hall–Kier alpha value is -0.650. The molecular formula is C9H19NO4. The Bertz CT molecular complexity index is 141. The van der Waals surface area contributed by atoms with Crippen molar-refractivity contribution >= 4 is 5.91 Å². The molecule has 0 heterocycles. The minimum absolute atomic E-state index is 0.104. The summed E-state index contributed by atoms with van der Waals surface area (Å²) in [6.45, 7) is 1.96. The maximum atomic E-state index is 10.7. The molecule has 0 saturated carbocycles. The van der Waals surface area contributed by atoms with Crippen molar-refractivity contribution in [1.82, 2.24) is 5.32 Å². The zero-order chi connectivity index (χ0) is 10.6. The summed E-state index contributed by atoms with van der Waals surface area (Å²) in [4.78, 5) is 10.7. The number of ether oxygens (including phenoxy) is 2. The van der Waals surface area contributed by atoms with Crippen LogP contribution < -0.4 is 5.32 Å². The van der Waals surface area contributed by atoms with E-state index in [-0.39, 0.29) is 19.1 Å². The van der Waals surface area contributed by atoms with Crippen molar-refractivity contribution in [3.8, 4) is 0 Å². The molecule has 0 unspecified atom stereocenters. The molecule has 5 nitrogen and oxygen atoms in total. The lowest BCUT2D eigenvalue weighted by Gasteiger charge is -2.04. The first kappa shape index (κ1) is 13.4. The number of hydrogen-bond donors (Lipinski definition) is 2. The number of nitrogens with one attached hydrogen (secondary N) is 1. The van der Waals surface area contributed by atoms with E-state index in [0.29, 0.717) is 26.2 Å². The van der Waals surface area contributed by atoms with Gasteiger partial charge >= 0.3 is 0 Å². The first-order valence-corrected chi connectivity index (χ1v) is 4.78. The van der Waals surface area contributed by atoms with Crippen LogP contribution in [0.1, 0.15) is 12.8 Å². The molecule has 5 heteroatoms. The van der Waals surface area contributed by atoms with Gasteiger partial charge in [0.2, 0.25) is 5.91 Å². The highest BCUT2D eigenvalue weighted by Gasteiger charge is 1.96. The molecule has 0 spiro atoms. The molecule has 84 valence electrons. The second-order valence-electron chi connectivity index (χ2n) is 2.77. The Morgan fingerprint density at radius 3 is 2.50 bits per heavy atom. The van der Waals surface area contributed by atoms with Crippen LogP contribution in [0.3, 0.4) is 0 Å². The van der Waals surface area contributed by atoms with Gasteiger partial charge in [0, 0.05) is 33.5 Å². The van der Waals surface area contributed by atoms with Crippen LogP contribution in [-0.2, 0) is 14.3 Å². The molecule has 0 saturated heterocycles. The second-order valence-corrected chi connectivity index (χ2v) is 2.77. The SMILES string of the molecule is CNC(=O)COCCCOCCCO. The topological polar surface area (TPSA) is 67.8 Å². The van der Waals surface area contributed by atoms with Crippen LogP contribution in [0.15, 0.2) is 0 Å². The van der Waals surface area contributed by atoms with Gasteiger partial charge in [0.25, 0.3) is 0 Å². The number of aliphatic hydroxyl groups excluding tert-OH is 1. The van der Waals surface area contributed by atoms with Crippen molar-refractivity contribution in [3.63, 3.8) is 0 Å². The molecule has 14 heavy (non-hydrogen) atoms. The van der Waals surface area contributed by atoms with Crippen LogP contribution >= 0.6 is 0 Å². The largest absolute Gasteiger partial charge is 0.396 e. The zero-order valence-corrected chi connectivity index (χ0v) is 8.62. The first-order chi connectivity index (χ1) is 6.81. The van der Waals surface area contributed by atoms with Gasteiger partial charge in [0.05, 0.1) is 0 Å². The minimum Gasteiger partial charge on any atom is -0.396 e. The summed E-state index contributed by atoms with van der Waals surface area (Å²) >= 11 is 0.